The lowest BCUT2D eigenvalue weighted by Gasteiger charge is -2.29. The van der Waals surface area contributed by atoms with Crippen LogP contribution < -0.4 is 5.32 Å². The van der Waals surface area contributed by atoms with Crippen LogP contribution in [-0.2, 0) is 6.42 Å². The molecule has 1 aromatic heterocycles. The van der Waals surface area contributed by atoms with Gasteiger partial charge in [0.15, 0.2) is 0 Å². The number of fused-ring (bicyclic) bond motifs is 1. The quantitative estimate of drug-likeness (QED) is 0.829. The fourth-order valence-electron chi connectivity index (χ4n) is 3.55. The highest BCUT2D eigenvalue weighted by Crippen LogP contribution is 2.33. The van der Waals surface area contributed by atoms with Gasteiger partial charge in [-0.3, -0.25) is 4.79 Å². The van der Waals surface area contributed by atoms with Crippen LogP contribution >= 0.6 is 11.3 Å². The monoisotopic (exact) mass is 315 g/mol. The maximum absolute atomic E-state index is 12.8. The number of carbonyl (C=O) groups is 1. The molecule has 0 saturated heterocycles. The second kappa shape index (κ2) is 6.82. The Balaban J connectivity index is 1.88. The van der Waals surface area contributed by atoms with Crippen molar-refractivity contribution in [2.45, 2.75) is 58.4 Å². The number of amides is 1. The molecule has 2 nitrogen and oxygen atoms in total. The smallest absolute Gasteiger partial charge is 0.261 e. The summed E-state index contributed by atoms with van der Waals surface area (Å²) in [5.41, 5.74) is 1.24. The molecule has 3 rings (SSSR count). The van der Waals surface area contributed by atoms with E-state index in [0.717, 1.165) is 24.1 Å². The number of aryl methyl sites for hydroxylation is 1. The van der Waals surface area contributed by atoms with Gasteiger partial charge in [-0.25, -0.2) is 0 Å². The summed E-state index contributed by atoms with van der Waals surface area (Å²) >= 11 is 1.65. The predicted molar refractivity (Wildman–Crippen MR) is 94.7 cm³/mol. The van der Waals surface area contributed by atoms with Crippen LogP contribution in [0.5, 0.6) is 0 Å². The molecule has 1 aliphatic rings. The Morgan fingerprint density at radius 3 is 2.82 bits per heavy atom. The zero-order chi connectivity index (χ0) is 15.5. The average Bonchev–Trinajstić information content (AvgIpc) is 2.89. The average molecular weight is 315 g/mol. The van der Waals surface area contributed by atoms with E-state index in [4.69, 9.17) is 0 Å². The topological polar surface area (TPSA) is 29.1 Å². The largest absolute Gasteiger partial charge is 0.348 e. The highest BCUT2D eigenvalue weighted by atomic mass is 32.1. The Labute approximate surface area is 136 Å². The lowest BCUT2D eigenvalue weighted by atomic mass is 9.86. The maximum Gasteiger partial charge on any atom is 0.261 e. The molecule has 0 bridgehead atoms. The molecule has 2 atom stereocenters. The van der Waals surface area contributed by atoms with Crippen molar-refractivity contribution in [3.63, 3.8) is 0 Å². The third-order valence-electron chi connectivity index (χ3n) is 4.83. The zero-order valence-electron chi connectivity index (χ0n) is 13.5. The summed E-state index contributed by atoms with van der Waals surface area (Å²) in [5, 5.41) is 4.58. The molecule has 1 amide bonds. The summed E-state index contributed by atoms with van der Waals surface area (Å²) in [7, 11) is 0. The Morgan fingerprint density at radius 1 is 1.27 bits per heavy atom. The summed E-state index contributed by atoms with van der Waals surface area (Å²) in [5.74, 6) is 0.741. The Morgan fingerprint density at radius 2 is 2.05 bits per heavy atom. The van der Waals surface area contributed by atoms with E-state index in [1.54, 1.807) is 11.3 Å². The highest BCUT2D eigenvalue weighted by molar-refractivity contribution is 7.21. The van der Waals surface area contributed by atoms with Gasteiger partial charge in [0.25, 0.3) is 5.91 Å². The van der Waals surface area contributed by atoms with E-state index in [0.29, 0.717) is 12.0 Å². The van der Waals surface area contributed by atoms with Crippen molar-refractivity contribution >= 4 is 27.3 Å². The molecule has 0 spiro atoms. The second-order valence-corrected chi connectivity index (χ2v) is 7.55. The Hall–Kier alpha value is -1.35. The second-order valence-electron chi connectivity index (χ2n) is 6.50. The fraction of sp³-hybridized carbons (Fsp3) is 0.526. The van der Waals surface area contributed by atoms with E-state index >= 15 is 0 Å². The van der Waals surface area contributed by atoms with E-state index in [9.17, 15) is 4.79 Å². The summed E-state index contributed by atoms with van der Waals surface area (Å²) < 4.78 is 1.23. The number of rotatable bonds is 4. The van der Waals surface area contributed by atoms with Gasteiger partial charge < -0.3 is 5.32 Å². The number of carbonyl (C=O) groups excluding carboxylic acids is 1. The van der Waals surface area contributed by atoms with Crippen LogP contribution in [0.1, 0.15) is 61.2 Å². The van der Waals surface area contributed by atoms with E-state index in [2.05, 4.69) is 43.4 Å². The van der Waals surface area contributed by atoms with Crippen molar-refractivity contribution in [2.24, 2.45) is 5.92 Å². The van der Waals surface area contributed by atoms with Gasteiger partial charge in [0.2, 0.25) is 0 Å². The first kappa shape index (κ1) is 15.5. The normalized spacial score (nSPS) is 21.9. The molecule has 1 aliphatic carbocycles. The molecule has 0 radical (unpaired) electrons. The van der Waals surface area contributed by atoms with Crippen molar-refractivity contribution in [1.82, 2.24) is 5.32 Å². The van der Waals surface area contributed by atoms with Crippen LogP contribution in [-0.4, -0.2) is 11.9 Å². The molecule has 1 heterocycles. The summed E-state index contributed by atoms with van der Waals surface area (Å²) in [6.45, 7) is 4.44. The van der Waals surface area contributed by atoms with Crippen LogP contribution in [0.3, 0.4) is 0 Å². The van der Waals surface area contributed by atoms with Crippen LogP contribution in [0.25, 0.3) is 10.1 Å². The molecule has 1 N–H and O–H groups in total. The van der Waals surface area contributed by atoms with E-state index in [-0.39, 0.29) is 5.91 Å². The van der Waals surface area contributed by atoms with Crippen LogP contribution in [0.15, 0.2) is 24.3 Å². The van der Waals surface area contributed by atoms with Crippen molar-refractivity contribution in [2.75, 3.05) is 0 Å². The van der Waals surface area contributed by atoms with E-state index in [1.807, 2.05) is 0 Å². The first-order valence-electron chi connectivity index (χ1n) is 8.52. The molecule has 118 valence electrons. The summed E-state index contributed by atoms with van der Waals surface area (Å²) in [6, 6.07) is 8.75. The Bertz CT molecular complexity index is 660. The van der Waals surface area contributed by atoms with Crippen molar-refractivity contribution < 1.29 is 4.79 Å². The van der Waals surface area contributed by atoms with Crippen LogP contribution in [0.4, 0.5) is 0 Å². The predicted octanol–water partition coefficient (Wildman–Crippen LogP) is 5.16. The number of thiophene rings is 1. The molecular formula is C19H25NOS. The molecule has 1 aromatic carbocycles. The van der Waals surface area contributed by atoms with Crippen molar-refractivity contribution in [1.29, 1.82) is 0 Å². The minimum absolute atomic E-state index is 0.142. The molecule has 2 unspecified atom stereocenters. The van der Waals surface area contributed by atoms with E-state index in [1.165, 1.54) is 34.9 Å². The number of benzene rings is 1. The van der Waals surface area contributed by atoms with Crippen LogP contribution in [0, 0.1) is 5.92 Å². The fourth-order valence-corrected chi connectivity index (χ4v) is 4.70. The molecule has 2 aromatic rings. The van der Waals surface area contributed by atoms with Gasteiger partial charge in [-0.1, -0.05) is 51.3 Å². The van der Waals surface area contributed by atoms with Crippen molar-refractivity contribution in [3.8, 4) is 0 Å². The van der Waals surface area contributed by atoms with Gasteiger partial charge >= 0.3 is 0 Å². The summed E-state index contributed by atoms with van der Waals surface area (Å²) in [6.07, 6.45) is 6.95. The number of hydrogen-bond acceptors (Lipinski definition) is 2. The molecule has 1 saturated carbocycles. The van der Waals surface area contributed by atoms with Gasteiger partial charge in [-0.05, 0) is 42.2 Å². The van der Waals surface area contributed by atoms with Gasteiger partial charge in [-0.15, -0.1) is 11.3 Å². The Kier molecular flexibility index (Phi) is 4.82. The molecule has 0 aliphatic heterocycles. The van der Waals surface area contributed by atoms with Crippen molar-refractivity contribution in [3.05, 3.63) is 34.7 Å². The molecule has 22 heavy (non-hydrogen) atoms. The van der Waals surface area contributed by atoms with Gasteiger partial charge in [0.05, 0.1) is 4.88 Å². The summed E-state index contributed by atoms with van der Waals surface area (Å²) in [4.78, 5) is 13.8. The molecule has 3 heteroatoms. The molecule has 1 fully saturated rings. The SMILES string of the molecule is CCCc1c(C(=O)NC2CCCCC2C)sc2ccccc12. The highest BCUT2D eigenvalue weighted by Gasteiger charge is 2.25. The van der Waals surface area contributed by atoms with Gasteiger partial charge in [-0.2, -0.15) is 0 Å². The number of nitrogens with one attached hydrogen (secondary N) is 1. The third kappa shape index (κ3) is 3.05. The van der Waals surface area contributed by atoms with Gasteiger partial charge in [0.1, 0.15) is 0 Å². The minimum Gasteiger partial charge on any atom is -0.348 e. The standard InChI is InChI=1S/C19H25NOS/c1-3-8-15-14-10-5-7-12-17(14)22-18(15)19(21)20-16-11-6-4-9-13(16)2/h5,7,10,12-13,16H,3-4,6,8-9,11H2,1-2H3,(H,20,21). The lowest BCUT2D eigenvalue weighted by Crippen LogP contribution is -2.41. The number of hydrogen-bond donors (Lipinski definition) is 1. The first-order valence-corrected chi connectivity index (χ1v) is 9.33. The van der Waals surface area contributed by atoms with E-state index < -0.39 is 0 Å². The first-order chi connectivity index (χ1) is 10.7. The van der Waals surface area contributed by atoms with Gasteiger partial charge in [0, 0.05) is 10.7 Å². The minimum atomic E-state index is 0.142. The zero-order valence-corrected chi connectivity index (χ0v) is 14.3. The molecular weight excluding hydrogens is 290 g/mol. The lowest BCUT2D eigenvalue weighted by molar-refractivity contribution is 0.0913. The maximum atomic E-state index is 12.8. The van der Waals surface area contributed by atoms with Crippen LogP contribution in [0.2, 0.25) is 0 Å². The third-order valence-corrected chi connectivity index (χ3v) is 6.04.